The molecule has 0 unspecified atom stereocenters. The van der Waals surface area contributed by atoms with E-state index in [-0.39, 0.29) is 0 Å². The average molecular weight is 511 g/mol. The van der Waals surface area contributed by atoms with Crippen LogP contribution in [0.4, 0.5) is 0 Å². The van der Waals surface area contributed by atoms with Gasteiger partial charge in [-0.15, -0.1) is 0 Å². The molecule has 2 aliphatic rings. The summed E-state index contributed by atoms with van der Waals surface area (Å²) in [5.41, 5.74) is 5.19. The molecule has 0 amide bonds. The Bertz CT molecular complexity index is 871. The van der Waals surface area contributed by atoms with Crippen LogP contribution in [-0.2, 0) is 13.1 Å². The second-order valence-corrected chi connectivity index (χ2v) is 9.77. The van der Waals surface area contributed by atoms with E-state index in [2.05, 4.69) is 80.5 Å². The van der Waals surface area contributed by atoms with Gasteiger partial charge in [0.2, 0.25) is 0 Å². The Morgan fingerprint density at radius 3 is 2.11 bits per heavy atom. The maximum absolute atomic E-state index is 5.80. The highest BCUT2D eigenvalue weighted by atomic mass is 16.5. The first-order valence-corrected chi connectivity index (χ1v) is 14.5. The molecule has 0 radical (unpaired) electrons. The second-order valence-electron chi connectivity index (χ2n) is 9.77. The van der Waals surface area contributed by atoms with Crippen LogP contribution < -0.4 is 9.47 Å². The van der Waals surface area contributed by atoms with Crippen molar-refractivity contribution in [3.63, 3.8) is 0 Å². The van der Waals surface area contributed by atoms with E-state index in [9.17, 15) is 0 Å². The van der Waals surface area contributed by atoms with Crippen LogP contribution in [0.15, 0.2) is 49.2 Å². The molecule has 4 nitrogen and oxygen atoms in total. The van der Waals surface area contributed by atoms with Crippen molar-refractivity contribution in [2.75, 3.05) is 32.8 Å². The molecule has 0 bridgehead atoms. The summed E-state index contributed by atoms with van der Waals surface area (Å²) >= 11 is 0. The van der Waals surface area contributed by atoms with Crippen molar-refractivity contribution in [2.45, 2.75) is 87.7 Å². The van der Waals surface area contributed by atoms with Crippen molar-refractivity contribution in [3.8, 4) is 11.5 Å². The monoisotopic (exact) mass is 510 g/mol. The molecule has 0 aliphatic carbocycles. The minimum atomic E-state index is 0.620. The van der Waals surface area contributed by atoms with E-state index in [4.69, 9.17) is 9.47 Å². The molecule has 1 saturated heterocycles. The fourth-order valence-electron chi connectivity index (χ4n) is 4.41. The molecule has 2 heterocycles. The zero-order valence-electron chi connectivity index (χ0n) is 25.1. The fraction of sp³-hybridized carbons (Fsp3) is 0.576. The maximum atomic E-state index is 5.80. The molecule has 2 aliphatic heterocycles. The van der Waals surface area contributed by atoms with Gasteiger partial charge in [0.25, 0.3) is 0 Å². The van der Waals surface area contributed by atoms with Gasteiger partial charge in [-0.25, -0.2) is 0 Å². The number of fused-ring (bicyclic) bond motifs is 1. The molecular formula is C33H54N2O2. The highest BCUT2D eigenvalue weighted by Gasteiger charge is 2.15. The number of nitrogens with zero attached hydrogens (tertiary/aromatic N) is 2. The van der Waals surface area contributed by atoms with Crippen LogP contribution in [0.1, 0.15) is 83.1 Å². The van der Waals surface area contributed by atoms with E-state index in [1.54, 1.807) is 0 Å². The first-order valence-electron chi connectivity index (χ1n) is 14.5. The lowest BCUT2D eigenvalue weighted by Crippen LogP contribution is -2.21. The standard InChI is InChI=1S/C17H25NO2.C12H17N.2C2H6/c1-5-18(11-13(2)3)12-15-9-14(4)17-16(10-15)19-7-6-8-20-17;1-11-4-6-12(7-5-11)10-13-8-2-3-9-13;2*1-2/h5,9-10,13H,1,6-8,11-12H2,2-4H3;4-7H,2-3,8-10H2,1H3;2*1-2H3. The van der Waals surface area contributed by atoms with E-state index >= 15 is 0 Å². The van der Waals surface area contributed by atoms with Gasteiger partial charge in [-0.3, -0.25) is 4.90 Å². The van der Waals surface area contributed by atoms with Crippen molar-refractivity contribution in [1.29, 1.82) is 0 Å². The minimum Gasteiger partial charge on any atom is -0.490 e. The Labute approximate surface area is 228 Å². The predicted octanol–water partition coefficient (Wildman–Crippen LogP) is 8.40. The highest BCUT2D eigenvalue weighted by molar-refractivity contribution is 5.49. The Morgan fingerprint density at radius 2 is 1.51 bits per heavy atom. The third kappa shape index (κ3) is 12.1. The molecule has 4 rings (SSSR count). The smallest absolute Gasteiger partial charge is 0.164 e. The van der Waals surface area contributed by atoms with E-state index < -0.39 is 0 Å². The van der Waals surface area contributed by atoms with Crippen LogP contribution >= 0.6 is 0 Å². The second kappa shape index (κ2) is 18.7. The number of hydrogen-bond donors (Lipinski definition) is 0. The minimum absolute atomic E-state index is 0.620. The number of ether oxygens (including phenoxy) is 2. The van der Waals surface area contributed by atoms with E-state index in [0.717, 1.165) is 56.3 Å². The van der Waals surface area contributed by atoms with E-state index in [0.29, 0.717) is 5.92 Å². The van der Waals surface area contributed by atoms with Crippen LogP contribution in [0.5, 0.6) is 11.5 Å². The lowest BCUT2D eigenvalue weighted by molar-refractivity contribution is 0.296. The zero-order chi connectivity index (χ0) is 27.6. The SMILES string of the molecule is C=CN(Cc1cc(C)c2c(c1)OCCCO2)CC(C)C.CC.CC.Cc1ccc(CN2CCCC2)cc1. The van der Waals surface area contributed by atoms with Crippen LogP contribution in [0.25, 0.3) is 0 Å². The van der Waals surface area contributed by atoms with Crippen molar-refractivity contribution >= 4 is 0 Å². The number of likely N-dealkylation sites (tertiary alicyclic amines) is 1. The van der Waals surface area contributed by atoms with Crippen LogP contribution in [0, 0.1) is 19.8 Å². The van der Waals surface area contributed by atoms with Gasteiger partial charge < -0.3 is 14.4 Å². The van der Waals surface area contributed by atoms with Crippen LogP contribution in [0.2, 0.25) is 0 Å². The van der Waals surface area contributed by atoms with Crippen molar-refractivity contribution in [1.82, 2.24) is 9.80 Å². The lowest BCUT2D eigenvalue weighted by Gasteiger charge is -2.23. The molecule has 0 spiro atoms. The number of hydrogen-bond acceptors (Lipinski definition) is 4. The average Bonchev–Trinajstić information content (AvgIpc) is 3.30. The van der Waals surface area contributed by atoms with Crippen LogP contribution in [0.3, 0.4) is 0 Å². The molecule has 2 aromatic rings. The van der Waals surface area contributed by atoms with Crippen molar-refractivity contribution in [2.24, 2.45) is 5.92 Å². The van der Waals surface area contributed by atoms with Gasteiger partial charge in [-0.2, -0.15) is 0 Å². The Balaban J connectivity index is 0.000000347. The Kier molecular flexibility index (Phi) is 16.5. The lowest BCUT2D eigenvalue weighted by atomic mass is 10.1. The van der Waals surface area contributed by atoms with Gasteiger partial charge in [0, 0.05) is 26.1 Å². The first-order chi connectivity index (χ1) is 17.9. The summed E-state index contributed by atoms with van der Waals surface area (Å²) < 4.78 is 11.6. The van der Waals surface area contributed by atoms with Gasteiger partial charge in [-0.05, 0) is 74.7 Å². The summed E-state index contributed by atoms with van der Waals surface area (Å²) in [4.78, 5) is 4.77. The molecule has 1 fully saturated rings. The number of rotatable bonds is 7. The van der Waals surface area contributed by atoms with Crippen molar-refractivity contribution < 1.29 is 9.47 Å². The third-order valence-corrected chi connectivity index (χ3v) is 6.06. The molecule has 0 N–H and O–H groups in total. The van der Waals surface area contributed by atoms with E-state index in [1.807, 2.05) is 33.9 Å². The van der Waals surface area contributed by atoms with Gasteiger partial charge >= 0.3 is 0 Å². The summed E-state index contributed by atoms with van der Waals surface area (Å²) in [7, 11) is 0. The molecule has 2 aromatic carbocycles. The molecule has 0 atom stereocenters. The summed E-state index contributed by atoms with van der Waals surface area (Å²) in [5, 5.41) is 0. The highest BCUT2D eigenvalue weighted by Crippen LogP contribution is 2.34. The molecule has 4 heteroatoms. The zero-order valence-corrected chi connectivity index (χ0v) is 25.1. The first kappa shape index (κ1) is 32.6. The quantitative estimate of drug-likeness (QED) is 0.373. The Morgan fingerprint density at radius 1 is 0.892 bits per heavy atom. The normalized spacial score (nSPS) is 14.2. The Hall–Kier alpha value is -2.46. The van der Waals surface area contributed by atoms with Gasteiger partial charge in [0.1, 0.15) is 0 Å². The fourth-order valence-corrected chi connectivity index (χ4v) is 4.41. The van der Waals surface area contributed by atoms with Gasteiger partial charge in [0.05, 0.1) is 13.2 Å². The molecule has 0 aromatic heterocycles. The number of benzene rings is 2. The van der Waals surface area contributed by atoms with Crippen LogP contribution in [-0.4, -0.2) is 42.6 Å². The summed E-state index contributed by atoms with van der Waals surface area (Å²) in [5.74, 6) is 2.40. The van der Waals surface area contributed by atoms with Gasteiger partial charge in [-0.1, -0.05) is 84.0 Å². The number of aryl methyl sites for hydroxylation is 2. The largest absolute Gasteiger partial charge is 0.490 e. The molecular weight excluding hydrogens is 456 g/mol. The summed E-state index contributed by atoms with van der Waals surface area (Å²) in [6.07, 6.45) is 5.62. The van der Waals surface area contributed by atoms with Crippen molar-refractivity contribution in [3.05, 3.63) is 71.4 Å². The summed E-state index contributed by atoms with van der Waals surface area (Å²) in [6.45, 7) is 27.6. The third-order valence-electron chi connectivity index (χ3n) is 6.06. The van der Waals surface area contributed by atoms with Gasteiger partial charge in [0.15, 0.2) is 11.5 Å². The van der Waals surface area contributed by atoms with E-state index in [1.165, 1.54) is 42.6 Å². The predicted molar refractivity (Wildman–Crippen MR) is 161 cm³/mol. The topological polar surface area (TPSA) is 24.9 Å². The molecule has 208 valence electrons. The summed E-state index contributed by atoms with van der Waals surface area (Å²) in [6, 6.07) is 13.2. The molecule has 37 heavy (non-hydrogen) atoms. The molecule has 0 saturated carbocycles. The maximum Gasteiger partial charge on any atom is 0.164 e.